The van der Waals surface area contributed by atoms with E-state index >= 15 is 4.39 Å². The Bertz CT molecular complexity index is 1620. The Hall–Kier alpha value is -3.78. The first kappa shape index (κ1) is 31.6. The van der Waals surface area contributed by atoms with E-state index in [2.05, 4.69) is 19.9 Å². The molecule has 2 N–H and O–H groups in total. The SMILES string of the molecule is Cc1cc(N)nc(-c2c(Cl)cc3c(N4CCN(C=C(F)C=O)C[C@@H]4C)nc(OCC4CCCN4C)nc3c2F)c1C(F)(F)F. The topological polar surface area (TPSA) is 101 Å². The van der Waals surface area contributed by atoms with Gasteiger partial charge >= 0.3 is 12.2 Å². The molecule has 44 heavy (non-hydrogen) atoms. The van der Waals surface area contributed by atoms with Gasteiger partial charge < -0.3 is 25.2 Å². The zero-order valence-electron chi connectivity index (χ0n) is 24.3. The molecule has 4 heterocycles. The zero-order valence-corrected chi connectivity index (χ0v) is 25.0. The fourth-order valence-electron chi connectivity index (χ4n) is 5.88. The first-order valence-electron chi connectivity index (χ1n) is 14.0. The predicted molar refractivity (Wildman–Crippen MR) is 157 cm³/mol. The number of anilines is 2. The van der Waals surface area contributed by atoms with Crippen molar-refractivity contribution in [1.82, 2.24) is 24.8 Å². The van der Waals surface area contributed by atoms with Crippen molar-refractivity contribution in [2.45, 2.75) is 44.9 Å². The van der Waals surface area contributed by atoms with Gasteiger partial charge in [-0.3, -0.25) is 4.79 Å². The predicted octanol–water partition coefficient (Wildman–Crippen LogP) is 5.39. The molecule has 2 fully saturated rings. The Balaban J connectivity index is 1.66. The molecule has 2 saturated heterocycles. The van der Waals surface area contributed by atoms with Crippen molar-refractivity contribution in [2.75, 3.05) is 50.5 Å². The number of halogens is 6. The van der Waals surface area contributed by atoms with Gasteiger partial charge in [0.15, 0.2) is 17.9 Å². The second kappa shape index (κ2) is 12.3. The monoisotopic (exact) mass is 639 g/mol. The molecule has 0 aliphatic carbocycles. The standard InChI is InChI=1S/C29H31ClF5N7O2/c1-15-9-21(36)37-26(23(15)29(33,34)35)22-20(30)10-19-25(24(22)32)38-28(44-14-18-5-4-6-40(18)3)39-27(19)42-8-7-41(11-16(42)2)12-17(31)13-43/h9-10,12-13,16,18H,4-8,11,14H2,1-3H3,(H2,36,37)/t16-,18?/m0/s1. The van der Waals surface area contributed by atoms with Crippen LogP contribution in [-0.4, -0.2) is 83.0 Å². The highest BCUT2D eigenvalue weighted by atomic mass is 35.5. The molecule has 15 heteroatoms. The largest absolute Gasteiger partial charge is 0.462 e. The summed E-state index contributed by atoms with van der Waals surface area (Å²) in [6.07, 6.45) is -1.78. The first-order valence-corrected chi connectivity index (χ1v) is 14.4. The number of pyridine rings is 1. The number of nitrogen functional groups attached to an aromatic ring is 1. The lowest BCUT2D eigenvalue weighted by atomic mass is 9.99. The van der Waals surface area contributed by atoms with E-state index in [1.54, 1.807) is 4.90 Å². The van der Waals surface area contributed by atoms with Crippen LogP contribution in [0.5, 0.6) is 6.01 Å². The van der Waals surface area contributed by atoms with Crippen LogP contribution >= 0.6 is 11.6 Å². The molecule has 0 bridgehead atoms. The molecule has 2 aromatic heterocycles. The number of carbonyl (C=O) groups is 1. The van der Waals surface area contributed by atoms with Gasteiger partial charge in [-0.2, -0.15) is 23.1 Å². The van der Waals surface area contributed by atoms with E-state index in [9.17, 15) is 22.4 Å². The summed E-state index contributed by atoms with van der Waals surface area (Å²) >= 11 is 6.53. The molecule has 3 aromatic rings. The van der Waals surface area contributed by atoms with Crippen LogP contribution in [-0.2, 0) is 11.0 Å². The molecular formula is C29H31ClF5N7O2. The van der Waals surface area contributed by atoms with Crippen LogP contribution < -0.4 is 15.4 Å². The van der Waals surface area contributed by atoms with E-state index in [1.807, 2.05) is 18.9 Å². The van der Waals surface area contributed by atoms with Crippen molar-refractivity contribution < 1.29 is 31.5 Å². The molecule has 236 valence electrons. The molecule has 0 amide bonds. The lowest BCUT2D eigenvalue weighted by Gasteiger charge is -2.40. The third-order valence-electron chi connectivity index (χ3n) is 8.02. The maximum Gasteiger partial charge on any atom is 0.418 e. The Labute approximate surface area is 255 Å². The van der Waals surface area contributed by atoms with E-state index in [0.717, 1.165) is 31.7 Å². The number of ether oxygens (including phenoxy) is 1. The summed E-state index contributed by atoms with van der Waals surface area (Å²) in [7, 11) is 1.96. The fraction of sp³-hybridized carbons (Fsp3) is 0.448. The number of piperazine rings is 1. The summed E-state index contributed by atoms with van der Waals surface area (Å²) in [5.74, 6) is -2.04. The Kier molecular flexibility index (Phi) is 8.85. The average molecular weight is 640 g/mol. The summed E-state index contributed by atoms with van der Waals surface area (Å²) in [5.41, 5.74) is 2.74. The van der Waals surface area contributed by atoms with Crippen molar-refractivity contribution in [3.05, 3.63) is 46.1 Å². The molecule has 5 rings (SSSR count). The van der Waals surface area contributed by atoms with Gasteiger partial charge in [0.25, 0.3) is 0 Å². The Morgan fingerprint density at radius 3 is 2.59 bits per heavy atom. The van der Waals surface area contributed by atoms with Gasteiger partial charge in [-0.05, 0) is 58.0 Å². The van der Waals surface area contributed by atoms with Crippen LogP contribution in [0.1, 0.15) is 30.9 Å². The number of benzene rings is 1. The quantitative estimate of drug-likeness (QED) is 0.207. The number of hydrogen-bond acceptors (Lipinski definition) is 9. The molecular weight excluding hydrogens is 609 g/mol. The van der Waals surface area contributed by atoms with Gasteiger partial charge in [-0.1, -0.05) is 11.6 Å². The minimum atomic E-state index is -4.88. The fourth-order valence-corrected chi connectivity index (χ4v) is 6.16. The van der Waals surface area contributed by atoms with E-state index in [4.69, 9.17) is 22.1 Å². The van der Waals surface area contributed by atoms with Gasteiger partial charge in [0.2, 0.25) is 0 Å². The normalized spacial score (nSPS) is 20.1. The van der Waals surface area contributed by atoms with E-state index in [0.29, 0.717) is 13.1 Å². The number of hydrogen-bond donors (Lipinski definition) is 1. The van der Waals surface area contributed by atoms with Gasteiger partial charge in [0.05, 0.1) is 21.8 Å². The summed E-state index contributed by atoms with van der Waals surface area (Å²) in [5, 5.41) is -0.197. The summed E-state index contributed by atoms with van der Waals surface area (Å²) in [6, 6.07) is 1.98. The molecule has 1 aromatic carbocycles. The van der Waals surface area contributed by atoms with Crippen molar-refractivity contribution in [3.63, 3.8) is 0 Å². The highest BCUT2D eigenvalue weighted by Crippen LogP contribution is 2.44. The van der Waals surface area contributed by atoms with Gasteiger partial charge in [-0.25, -0.2) is 13.8 Å². The highest BCUT2D eigenvalue weighted by Gasteiger charge is 2.39. The third kappa shape index (κ3) is 6.23. The molecule has 2 atom stereocenters. The molecule has 0 spiro atoms. The molecule has 1 unspecified atom stereocenters. The van der Waals surface area contributed by atoms with Crippen LogP contribution in [0.4, 0.5) is 33.6 Å². The molecule has 9 nitrogen and oxygen atoms in total. The number of likely N-dealkylation sites (tertiary alicyclic amines) is 1. The second-order valence-corrected chi connectivity index (χ2v) is 11.5. The number of fused-ring (bicyclic) bond motifs is 1. The number of nitrogens with zero attached hydrogens (tertiary/aromatic N) is 6. The number of allylic oxidation sites excluding steroid dienone is 1. The Morgan fingerprint density at radius 1 is 1.20 bits per heavy atom. The minimum Gasteiger partial charge on any atom is -0.462 e. The zero-order chi connectivity index (χ0) is 31.9. The number of aromatic nitrogens is 3. The first-order chi connectivity index (χ1) is 20.8. The van der Waals surface area contributed by atoms with Gasteiger partial charge in [-0.15, -0.1) is 0 Å². The maximum absolute atomic E-state index is 16.5. The van der Waals surface area contributed by atoms with Crippen LogP contribution in [0.2, 0.25) is 5.02 Å². The van der Waals surface area contributed by atoms with Gasteiger partial charge in [0.1, 0.15) is 23.8 Å². The number of likely N-dealkylation sites (N-methyl/N-ethyl adjacent to an activating group) is 1. The Morgan fingerprint density at radius 2 is 1.95 bits per heavy atom. The minimum absolute atomic E-state index is 0.0826. The average Bonchev–Trinajstić information content (AvgIpc) is 3.35. The van der Waals surface area contributed by atoms with E-state index < -0.39 is 34.6 Å². The van der Waals surface area contributed by atoms with E-state index in [-0.39, 0.29) is 70.7 Å². The molecule has 2 aliphatic heterocycles. The third-order valence-corrected chi connectivity index (χ3v) is 8.32. The van der Waals surface area contributed by atoms with Crippen molar-refractivity contribution >= 4 is 40.4 Å². The van der Waals surface area contributed by atoms with Crippen LogP contribution in [0.3, 0.4) is 0 Å². The summed E-state index contributed by atoms with van der Waals surface area (Å²) < 4.78 is 78.7. The second-order valence-electron chi connectivity index (χ2n) is 11.1. The van der Waals surface area contributed by atoms with Crippen LogP contribution in [0, 0.1) is 12.7 Å². The van der Waals surface area contributed by atoms with Crippen LogP contribution in [0.15, 0.2) is 24.2 Å². The van der Waals surface area contributed by atoms with E-state index in [1.165, 1.54) is 13.0 Å². The smallest absolute Gasteiger partial charge is 0.418 e. The number of alkyl halides is 3. The molecule has 2 aliphatic rings. The molecule has 0 radical (unpaired) electrons. The summed E-state index contributed by atoms with van der Waals surface area (Å²) in [4.78, 5) is 29.1. The van der Waals surface area contributed by atoms with Crippen molar-refractivity contribution in [3.8, 4) is 17.3 Å². The number of aldehydes is 1. The molecule has 0 saturated carbocycles. The highest BCUT2D eigenvalue weighted by molar-refractivity contribution is 6.34. The maximum atomic E-state index is 16.5. The lowest BCUT2D eigenvalue weighted by molar-refractivity contribution is -0.137. The number of nitrogens with two attached hydrogens (primary N) is 1. The summed E-state index contributed by atoms with van der Waals surface area (Å²) in [6.45, 7) is 5.04. The van der Waals surface area contributed by atoms with Gasteiger partial charge in [0, 0.05) is 43.3 Å². The van der Waals surface area contributed by atoms with Crippen molar-refractivity contribution in [2.24, 2.45) is 0 Å². The van der Waals surface area contributed by atoms with Crippen molar-refractivity contribution in [1.29, 1.82) is 0 Å². The van der Waals surface area contributed by atoms with Crippen LogP contribution in [0.25, 0.3) is 22.2 Å². The number of aryl methyl sites for hydroxylation is 1. The number of rotatable bonds is 7. The number of carbonyl (C=O) groups excluding carboxylic acids is 1. The lowest BCUT2D eigenvalue weighted by Crippen LogP contribution is -2.50.